The summed E-state index contributed by atoms with van der Waals surface area (Å²) in [6.45, 7) is 4.39. The Bertz CT molecular complexity index is 541. The molecule has 3 aliphatic rings. The summed E-state index contributed by atoms with van der Waals surface area (Å²) in [5, 5.41) is 4.38. The molecule has 1 aromatic carbocycles. The van der Waals surface area contributed by atoms with E-state index < -0.39 is 0 Å². The molecule has 0 radical (unpaired) electrons. The van der Waals surface area contributed by atoms with Gasteiger partial charge in [0.25, 0.3) is 0 Å². The highest BCUT2D eigenvalue weighted by Gasteiger charge is 2.29. The first kappa shape index (κ1) is 16.2. The zero-order valence-corrected chi connectivity index (χ0v) is 14.1. The molecule has 2 bridgehead atoms. The number of benzene rings is 1. The fraction of sp³-hybridized carbons (Fsp3) is 0.625. The van der Waals surface area contributed by atoms with Gasteiger partial charge < -0.3 is 14.8 Å². The highest BCUT2D eigenvalue weighted by molar-refractivity contribution is 6.32. The Morgan fingerprint density at radius 1 is 1.14 bits per heavy atom. The average Bonchev–Trinajstić information content (AvgIpc) is 2.82. The van der Waals surface area contributed by atoms with E-state index in [0.29, 0.717) is 30.0 Å². The van der Waals surface area contributed by atoms with Crippen molar-refractivity contribution in [3.63, 3.8) is 0 Å². The molecule has 1 aromatic rings. The number of rotatable bonds is 2. The predicted molar refractivity (Wildman–Crippen MR) is 89.5 cm³/mol. The summed E-state index contributed by atoms with van der Waals surface area (Å²) in [6, 6.07) is 5.48. The molecule has 3 aliphatic heterocycles. The third kappa shape index (κ3) is 3.30. The van der Waals surface area contributed by atoms with Crippen LogP contribution >= 0.6 is 24.0 Å². The fourth-order valence-corrected chi connectivity index (χ4v) is 3.96. The molecule has 4 rings (SSSR count). The minimum atomic E-state index is 0. The number of nitrogens with one attached hydrogen (secondary N) is 1. The van der Waals surface area contributed by atoms with Gasteiger partial charge >= 0.3 is 0 Å². The van der Waals surface area contributed by atoms with E-state index in [2.05, 4.69) is 16.3 Å². The maximum Gasteiger partial charge on any atom is 0.179 e. The summed E-state index contributed by atoms with van der Waals surface area (Å²) >= 11 is 6.32. The van der Waals surface area contributed by atoms with Crippen LogP contribution < -0.4 is 14.8 Å². The van der Waals surface area contributed by atoms with Gasteiger partial charge in [-0.25, -0.2) is 0 Å². The Morgan fingerprint density at radius 3 is 2.86 bits per heavy atom. The van der Waals surface area contributed by atoms with Crippen molar-refractivity contribution in [2.45, 2.75) is 37.9 Å². The number of halogens is 2. The maximum atomic E-state index is 6.32. The molecule has 122 valence electrons. The van der Waals surface area contributed by atoms with Gasteiger partial charge in [-0.1, -0.05) is 11.6 Å². The zero-order chi connectivity index (χ0) is 14.2. The van der Waals surface area contributed by atoms with E-state index in [4.69, 9.17) is 21.1 Å². The van der Waals surface area contributed by atoms with Crippen LogP contribution in [0, 0.1) is 0 Å². The Kier molecular flexibility index (Phi) is 5.03. The second-order valence-electron chi connectivity index (χ2n) is 6.26. The first-order valence-electron chi connectivity index (χ1n) is 7.84. The van der Waals surface area contributed by atoms with Crippen molar-refractivity contribution in [1.82, 2.24) is 10.2 Å². The smallest absolute Gasteiger partial charge is 0.179 e. The first-order valence-corrected chi connectivity index (χ1v) is 8.22. The van der Waals surface area contributed by atoms with Gasteiger partial charge in [0.1, 0.15) is 13.2 Å². The quantitative estimate of drug-likeness (QED) is 0.894. The number of nitrogens with zero attached hydrogens (tertiary/aromatic N) is 1. The number of ether oxygens (including phenoxy) is 2. The SMILES string of the molecule is Cl.Clc1cc(CN2CCC3CCC(C2)N3)cc2c1OCCO2. The lowest BCUT2D eigenvalue weighted by atomic mass is 10.1. The lowest BCUT2D eigenvalue weighted by molar-refractivity contribution is 0.171. The van der Waals surface area contributed by atoms with Crippen LogP contribution in [0.3, 0.4) is 0 Å². The van der Waals surface area contributed by atoms with Crippen molar-refractivity contribution >= 4 is 24.0 Å². The van der Waals surface area contributed by atoms with Gasteiger partial charge in [-0.3, -0.25) is 4.90 Å². The maximum absolute atomic E-state index is 6.32. The number of hydrogen-bond donors (Lipinski definition) is 1. The summed E-state index contributed by atoms with van der Waals surface area (Å²) < 4.78 is 11.2. The molecule has 22 heavy (non-hydrogen) atoms. The summed E-state index contributed by atoms with van der Waals surface area (Å²) in [4.78, 5) is 2.53. The third-order valence-electron chi connectivity index (χ3n) is 4.67. The summed E-state index contributed by atoms with van der Waals surface area (Å²) in [6.07, 6.45) is 3.90. The van der Waals surface area contributed by atoms with Gasteiger partial charge in [0.2, 0.25) is 0 Å². The van der Waals surface area contributed by atoms with Gasteiger partial charge in [-0.05, 0) is 37.0 Å². The van der Waals surface area contributed by atoms with E-state index in [-0.39, 0.29) is 12.4 Å². The Labute approximate surface area is 142 Å². The third-order valence-corrected chi connectivity index (χ3v) is 4.95. The van der Waals surface area contributed by atoms with Crippen molar-refractivity contribution in [3.05, 3.63) is 22.7 Å². The average molecular weight is 345 g/mol. The normalized spacial score (nSPS) is 27.1. The van der Waals surface area contributed by atoms with Crippen molar-refractivity contribution < 1.29 is 9.47 Å². The van der Waals surface area contributed by atoms with Crippen LogP contribution in [0.15, 0.2) is 12.1 Å². The van der Waals surface area contributed by atoms with E-state index in [1.165, 1.54) is 24.8 Å². The molecule has 1 N–H and O–H groups in total. The molecule has 2 unspecified atom stereocenters. The number of likely N-dealkylation sites (tertiary alicyclic amines) is 1. The zero-order valence-electron chi connectivity index (χ0n) is 12.5. The van der Waals surface area contributed by atoms with Crippen molar-refractivity contribution in [3.8, 4) is 11.5 Å². The molecule has 0 aromatic heterocycles. The van der Waals surface area contributed by atoms with Crippen LogP contribution in [0.1, 0.15) is 24.8 Å². The molecule has 0 aliphatic carbocycles. The second-order valence-corrected chi connectivity index (χ2v) is 6.67. The summed E-state index contributed by atoms with van der Waals surface area (Å²) in [5.41, 5.74) is 1.21. The topological polar surface area (TPSA) is 33.7 Å². The van der Waals surface area contributed by atoms with Crippen LogP contribution in [-0.4, -0.2) is 43.3 Å². The van der Waals surface area contributed by atoms with Gasteiger partial charge in [0.05, 0.1) is 5.02 Å². The van der Waals surface area contributed by atoms with Crippen LogP contribution in [0.5, 0.6) is 11.5 Å². The molecule has 6 heteroatoms. The molecule has 2 saturated heterocycles. The van der Waals surface area contributed by atoms with Crippen LogP contribution in [0.25, 0.3) is 0 Å². The summed E-state index contributed by atoms with van der Waals surface area (Å²) in [5.74, 6) is 1.49. The largest absolute Gasteiger partial charge is 0.486 e. The monoisotopic (exact) mass is 344 g/mol. The molecule has 2 atom stereocenters. The molecular formula is C16H22Cl2N2O2. The molecule has 2 fully saturated rings. The summed E-state index contributed by atoms with van der Waals surface area (Å²) in [7, 11) is 0. The van der Waals surface area contributed by atoms with E-state index in [1.54, 1.807) is 0 Å². The van der Waals surface area contributed by atoms with Gasteiger partial charge in [0, 0.05) is 31.7 Å². The van der Waals surface area contributed by atoms with E-state index in [0.717, 1.165) is 31.4 Å². The van der Waals surface area contributed by atoms with E-state index in [1.807, 2.05) is 6.07 Å². The second kappa shape index (κ2) is 6.83. The number of fused-ring (bicyclic) bond motifs is 3. The van der Waals surface area contributed by atoms with Gasteiger partial charge in [0.15, 0.2) is 11.5 Å². The lowest BCUT2D eigenvalue weighted by Gasteiger charge is -2.25. The Hall–Kier alpha value is -0.680. The van der Waals surface area contributed by atoms with Gasteiger partial charge in [-0.15, -0.1) is 12.4 Å². The molecule has 3 heterocycles. The molecule has 0 saturated carbocycles. The van der Waals surface area contributed by atoms with Crippen LogP contribution in [0.4, 0.5) is 0 Å². The van der Waals surface area contributed by atoms with E-state index >= 15 is 0 Å². The Balaban J connectivity index is 0.00000144. The van der Waals surface area contributed by atoms with Crippen LogP contribution in [0.2, 0.25) is 5.02 Å². The lowest BCUT2D eigenvalue weighted by Crippen LogP contribution is -2.35. The van der Waals surface area contributed by atoms with Gasteiger partial charge in [-0.2, -0.15) is 0 Å². The minimum Gasteiger partial charge on any atom is -0.486 e. The van der Waals surface area contributed by atoms with Crippen molar-refractivity contribution in [1.29, 1.82) is 0 Å². The standard InChI is InChI=1S/C16H21ClN2O2.ClH/c17-14-7-11(8-15-16(14)21-6-5-20-15)9-19-4-3-12-1-2-13(10-19)18-12;/h7-8,12-13,18H,1-6,9-10H2;1H. The van der Waals surface area contributed by atoms with Crippen LogP contribution in [-0.2, 0) is 6.54 Å². The van der Waals surface area contributed by atoms with E-state index in [9.17, 15) is 0 Å². The highest BCUT2D eigenvalue weighted by atomic mass is 35.5. The Morgan fingerprint density at radius 2 is 1.95 bits per heavy atom. The molecule has 4 nitrogen and oxygen atoms in total. The molecule has 0 amide bonds. The van der Waals surface area contributed by atoms with Crippen molar-refractivity contribution in [2.24, 2.45) is 0 Å². The molecular weight excluding hydrogens is 323 g/mol. The van der Waals surface area contributed by atoms with Crippen molar-refractivity contribution in [2.75, 3.05) is 26.3 Å². The minimum absolute atomic E-state index is 0. The first-order chi connectivity index (χ1) is 10.3. The highest BCUT2D eigenvalue weighted by Crippen LogP contribution is 2.38. The number of hydrogen-bond acceptors (Lipinski definition) is 4. The predicted octanol–water partition coefficient (Wildman–Crippen LogP) is 2.86. The molecule has 0 spiro atoms. The fourth-order valence-electron chi connectivity index (χ4n) is 3.67.